The maximum Gasteiger partial charge on any atom is 0.320 e. The number of carboxylic acid groups (broad SMARTS) is 1. The number of benzene rings is 3. The second-order valence-corrected chi connectivity index (χ2v) is 9.99. The minimum absolute atomic E-state index is 0.00983. The molecule has 0 radical (unpaired) electrons. The first kappa shape index (κ1) is 27.8. The van der Waals surface area contributed by atoms with Crippen molar-refractivity contribution in [3.63, 3.8) is 0 Å². The van der Waals surface area contributed by atoms with Crippen LogP contribution in [-0.4, -0.2) is 52.3 Å². The Balaban J connectivity index is 1.44. The number of fused-ring (bicyclic) bond motifs is 2. The molecule has 0 bridgehead atoms. The number of nitrogens with zero attached hydrogens (tertiary/aromatic N) is 1. The molecular weight excluding hydrogens is 508 g/mol. The molecule has 1 aliphatic heterocycles. The predicted molar refractivity (Wildman–Crippen MR) is 140 cm³/mol. The average molecular weight is 538 g/mol. The van der Waals surface area contributed by atoms with Crippen LogP contribution in [0.25, 0.3) is 10.8 Å². The smallest absolute Gasteiger partial charge is 0.320 e. The number of carboxylic acids is 1. The highest BCUT2D eigenvalue weighted by molar-refractivity contribution is 6.23. The summed E-state index contributed by atoms with van der Waals surface area (Å²) in [4.78, 5) is 52.0. The normalized spacial score (nSPS) is 14.5. The van der Waals surface area contributed by atoms with Crippen molar-refractivity contribution in [2.24, 2.45) is 5.92 Å². The quantitative estimate of drug-likeness (QED) is 0.320. The van der Waals surface area contributed by atoms with Gasteiger partial charge in [0.25, 0.3) is 11.8 Å². The van der Waals surface area contributed by atoms with E-state index in [1.807, 2.05) is 38.1 Å². The van der Waals surface area contributed by atoms with Crippen molar-refractivity contribution in [1.82, 2.24) is 15.5 Å². The van der Waals surface area contributed by atoms with Crippen LogP contribution in [0, 0.1) is 17.6 Å². The molecule has 0 aliphatic carbocycles. The van der Waals surface area contributed by atoms with Gasteiger partial charge in [0.2, 0.25) is 5.91 Å². The minimum atomic E-state index is -1.25. The number of rotatable bonds is 11. The zero-order valence-electron chi connectivity index (χ0n) is 21.5. The van der Waals surface area contributed by atoms with Gasteiger partial charge in [0.15, 0.2) is 0 Å². The molecule has 0 saturated carbocycles. The lowest BCUT2D eigenvalue weighted by Gasteiger charge is -2.25. The SMILES string of the molecule is CC(C)C[C@@H](NC(CCN1C(=O)c2cc3ccccc3cc2C1=O)C(=O)O)C(=O)NCc1ccc(F)cc1F. The first-order valence-corrected chi connectivity index (χ1v) is 12.6. The summed E-state index contributed by atoms with van der Waals surface area (Å²) in [6, 6.07) is 11.5. The van der Waals surface area contributed by atoms with Gasteiger partial charge in [0.05, 0.1) is 17.2 Å². The molecule has 0 spiro atoms. The van der Waals surface area contributed by atoms with Crippen molar-refractivity contribution in [3.8, 4) is 0 Å². The second kappa shape index (κ2) is 11.7. The van der Waals surface area contributed by atoms with Gasteiger partial charge >= 0.3 is 5.97 Å². The molecule has 8 nitrogen and oxygen atoms in total. The van der Waals surface area contributed by atoms with Crippen molar-refractivity contribution < 1.29 is 33.1 Å². The van der Waals surface area contributed by atoms with Crippen LogP contribution in [0.15, 0.2) is 54.6 Å². The number of halogens is 2. The molecule has 0 aromatic heterocycles. The third kappa shape index (κ3) is 6.28. The monoisotopic (exact) mass is 537 g/mol. The fourth-order valence-electron chi connectivity index (χ4n) is 4.65. The first-order chi connectivity index (χ1) is 18.5. The van der Waals surface area contributed by atoms with Gasteiger partial charge in [-0.3, -0.25) is 29.4 Å². The Morgan fingerprint density at radius 3 is 2.08 bits per heavy atom. The van der Waals surface area contributed by atoms with Gasteiger partial charge in [-0.05, 0) is 47.7 Å². The molecule has 3 N–H and O–H groups in total. The van der Waals surface area contributed by atoms with E-state index in [9.17, 15) is 33.1 Å². The van der Waals surface area contributed by atoms with Crippen LogP contribution in [0.1, 0.15) is 53.0 Å². The number of nitrogens with one attached hydrogen (secondary N) is 2. The van der Waals surface area contributed by atoms with Crippen molar-refractivity contribution in [3.05, 3.63) is 82.9 Å². The molecular formula is C29H29F2N3O5. The zero-order valence-corrected chi connectivity index (χ0v) is 21.5. The van der Waals surface area contributed by atoms with E-state index >= 15 is 0 Å². The highest BCUT2D eigenvalue weighted by atomic mass is 19.1. The summed E-state index contributed by atoms with van der Waals surface area (Å²) >= 11 is 0. The van der Waals surface area contributed by atoms with Crippen molar-refractivity contribution >= 4 is 34.5 Å². The average Bonchev–Trinajstić information content (AvgIpc) is 3.11. The van der Waals surface area contributed by atoms with Crippen molar-refractivity contribution in [1.29, 1.82) is 0 Å². The van der Waals surface area contributed by atoms with Gasteiger partial charge in [0.1, 0.15) is 17.7 Å². The lowest BCUT2D eigenvalue weighted by Crippen LogP contribution is -2.52. The number of aliphatic carboxylic acids is 1. The molecule has 3 amide bonds. The summed E-state index contributed by atoms with van der Waals surface area (Å²) in [7, 11) is 0. The molecule has 10 heteroatoms. The number of hydrogen-bond acceptors (Lipinski definition) is 5. The Kier molecular flexibility index (Phi) is 8.35. The lowest BCUT2D eigenvalue weighted by atomic mass is 10.0. The number of amides is 3. The fraction of sp³-hybridized carbons (Fsp3) is 0.310. The molecule has 2 atom stereocenters. The Morgan fingerprint density at radius 2 is 1.54 bits per heavy atom. The van der Waals surface area contributed by atoms with Gasteiger partial charge in [-0.2, -0.15) is 0 Å². The third-order valence-electron chi connectivity index (χ3n) is 6.67. The van der Waals surface area contributed by atoms with Crippen LogP contribution < -0.4 is 10.6 Å². The van der Waals surface area contributed by atoms with Crippen molar-refractivity contribution in [2.45, 2.75) is 45.3 Å². The maximum absolute atomic E-state index is 14.0. The van der Waals surface area contributed by atoms with Crippen molar-refractivity contribution in [2.75, 3.05) is 6.54 Å². The van der Waals surface area contributed by atoms with Crippen LogP contribution in [0.3, 0.4) is 0 Å². The van der Waals surface area contributed by atoms with E-state index in [4.69, 9.17) is 0 Å². The maximum atomic E-state index is 14.0. The summed E-state index contributed by atoms with van der Waals surface area (Å²) in [5.74, 6) is -4.32. The molecule has 3 aromatic carbocycles. The van der Waals surface area contributed by atoms with Gasteiger partial charge in [-0.15, -0.1) is 0 Å². The van der Waals surface area contributed by atoms with E-state index in [1.54, 1.807) is 12.1 Å². The van der Waals surface area contributed by atoms with E-state index in [0.29, 0.717) is 6.07 Å². The van der Waals surface area contributed by atoms with Crippen LogP contribution in [0.4, 0.5) is 8.78 Å². The van der Waals surface area contributed by atoms with Gasteiger partial charge < -0.3 is 10.4 Å². The minimum Gasteiger partial charge on any atom is -0.480 e. The molecule has 1 aliphatic rings. The fourth-order valence-corrected chi connectivity index (χ4v) is 4.65. The molecule has 204 valence electrons. The summed E-state index contributed by atoms with van der Waals surface area (Å²) in [6.45, 7) is 3.35. The number of carbonyl (C=O) groups excluding carboxylic acids is 3. The summed E-state index contributed by atoms with van der Waals surface area (Å²) in [5.41, 5.74) is 0.619. The number of imide groups is 1. The molecule has 3 aromatic rings. The van der Waals surface area contributed by atoms with Crippen LogP contribution in [-0.2, 0) is 16.1 Å². The molecule has 0 saturated heterocycles. The summed E-state index contributed by atoms with van der Waals surface area (Å²) < 4.78 is 27.1. The van der Waals surface area contributed by atoms with E-state index in [1.165, 1.54) is 6.07 Å². The first-order valence-electron chi connectivity index (χ1n) is 12.6. The second-order valence-electron chi connectivity index (χ2n) is 9.99. The van der Waals surface area contributed by atoms with Crippen LogP contribution in [0.2, 0.25) is 0 Å². The summed E-state index contributed by atoms with van der Waals surface area (Å²) in [6.07, 6.45) is 0.149. The molecule has 4 rings (SSSR count). The van der Waals surface area contributed by atoms with E-state index in [2.05, 4.69) is 10.6 Å². The predicted octanol–water partition coefficient (Wildman–Crippen LogP) is 3.88. The Hall–Kier alpha value is -4.18. The molecule has 39 heavy (non-hydrogen) atoms. The third-order valence-corrected chi connectivity index (χ3v) is 6.67. The highest BCUT2D eigenvalue weighted by Gasteiger charge is 2.37. The van der Waals surface area contributed by atoms with E-state index < -0.39 is 47.4 Å². The van der Waals surface area contributed by atoms with Gasteiger partial charge in [-0.25, -0.2) is 8.78 Å². The highest BCUT2D eigenvalue weighted by Crippen LogP contribution is 2.28. The largest absolute Gasteiger partial charge is 0.480 e. The van der Waals surface area contributed by atoms with E-state index in [-0.39, 0.29) is 48.5 Å². The van der Waals surface area contributed by atoms with Crippen LogP contribution >= 0.6 is 0 Å². The van der Waals surface area contributed by atoms with E-state index in [0.717, 1.165) is 21.7 Å². The number of carbonyl (C=O) groups is 4. The number of hydrogen-bond donors (Lipinski definition) is 3. The van der Waals surface area contributed by atoms with Gasteiger partial charge in [-0.1, -0.05) is 44.2 Å². The molecule has 1 heterocycles. The molecule has 0 fully saturated rings. The van der Waals surface area contributed by atoms with Crippen LogP contribution in [0.5, 0.6) is 0 Å². The summed E-state index contributed by atoms with van der Waals surface area (Å²) in [5, 5.41) is 16.9. The Bertz CT molecular complexity index is 1390. The lowest BCUT2D eigenvalue weighted by molar-refractivity contribution is -0.140. The Labute approximate surface area is 224 Å². The Morgan fingerprint density at radius 1 is 0.923 bits per heavy atom. The zero-order chi connectivity index (χ0) is 28.3. The standard InChI is InChI=1S/C29H29F2N3O5/c1-16(2)11-25(26(35)32-15-19-7-8-20(30)14-23(19)31)33-24(29(38)39)9-10-34-27(36)21-12-17-5-3-4-6-18(17)13-22(21)28(34)37/h3-8,12-14,16,24-25,33H,9-11,15H2,1-2H3,(H,32,35)(H,38,39)/t24?,25-/m1/s1. The topological polar surface area (TPSA) is 116 Å². The van der Waals surface area contributed by atoms with Gasteiger partial charge in [0, 0.05) is 24.7 Å². The molecule has 1 unspecified atom stereocenters.